The van der Waals surface area contributed by atoms with Gasteiger partial charge in [0.25, 0.3) is 0 Å². The van der Waals surface area contributed by atoms with E-state index >= 15 is 0 Å². The monoisotopic (exact) mass is 268 g/mol. The molecule has 0 aromatic carbocycles. The largest absolute Gasteiger partial charge is 0.465 e. The summed E-state index contributed by atoms with van der Waals surface area (Å²) in [6.45, 7) is 3.05. The molecule has 0 aromatic heterocycles. The Morgan fingerprint density at radius 2 is 1.84 bits per heavy atom. The Morgan fingerprint density at radius 1 is 1.16 bits per heavy atom. The molecule has 0 aromatic rings. The summed E-state index contributed by atoms with van der Waals surface area (Å²) in [6, 6.07) is 0. The molecular formula is C13H16O6. The fraction of sp³-hybridized carbons (Fsp3) is 0.769. The smallest absolute Gasteiger partial charge is 0.309 e. The molecule has 6 nitrogen and oxygen atoms in total. The maximum absolute atomic E-state index is 11.7. The van der Waals surface area contributed by atoms with Crippen LogP contribution in [-0.2, 0) is 28.6 Å². The van der Waals surface area contributed by atoms with Crippen molar-refractivity contribution in [2.45, 2.75) is 32.5 Å². The van der Waals surface area contributed by atoms with Gasteiger partial charge in [-0.1, -0.05) is 0 Å². The normalized spacial score (nSPS) is 42.7. The molecule has 0 unspecified atom stereocenters. The van der Waals surface area contributed by atoms with Gasteiger partial charge in [-0.25, -0.2) is 0 Å². The van der Waals surface area contributed by atoms with Crippen molar-refractivity contribution in [1.82, 2.24) is 0 Å². The van der Waals surface area contributed by atoms with Crippen molar-refractivity contribution in [3.8, 4) is 0 Å². The molecular weight excluding hydrogens is 252 g/mol. The minimum atomic E-state index is -0.364. The number of fused-ring (bicyclic) bond motifs is 5. The number of rotatable bonds is 2. The zero-order chi connectivity index (χ0) is 13.7. The summed E-state index contributed by atoms with van der Waals surface area (Å²) in [7, 11) is 0. The molecule has 3 fully saturated rings. The molecule has 1 heterocycles. The molecule has 104 valence electrons. The van der Waals surface area contributed by atoms with Gasteiger partial charge in [-0.05, 0) is 6.42 Å². The van der Waals surface area contributed by atoms with Crippen LogP contribution in [0, 0.1) is 23.7 Å². The number of esters is 3. The Morgan fingerprint density at radius 3 is 2.47 bits per heavy atom. The summed E-state index contributed by atoms with van der Waals surface area (Å²) in [5.41, 5.74) is 0. The van der Waals surface area contributed by atoms with Crippen molar-refractivity contribution in [2.75, 3.05) is 6.61 Å². The van der Waals surface area contributed by atoms with Crippen LogP contribution in [0.25, 0.3) is 0 Å². The maximum Gasteiger partial charge on any atom is 0.309 e. The fourth-order valence-electron chi connectivity index (χ4n) is 4.02. The van der Waals surface area contributed by atoms with Crippen molar-refractivity contribution < 1.29 is 28.6 Å². The molecule has 0 radical (unpaired) electrons. The molecule has 0 N–H and O–H groups in total. The highest BCUT2D eigenvalue weighted by atomic mass is 16.6. The lowest BCUT2D eigenvalue weighted by Crippen LogP contribution is -2.35. The van der Waals surface area contributed by atoms with Gasteiger partial charge in [0.1, 0.15) is 12.2 Å². The van der Waals surface area contributed by atoms with E-state index in [0.29, 0.717) is 13.0 Å². The van der Waals surface area contributed by atoms with Gasteiger partial charge in [0.2, 0.25) is 0 Å². The third-order valence-corrected chi connectivity index (χ3v) is 4.46. The molecule has 2 aliphatic carbocycles. The first-order valence-electron chi connectivity index (χ1n) is 6.50. The molecule has 0 spiro atoms. The Balaban J connectivity index is 1.85. The summed E-state index contributed by atoms with van der Waals surface area (Å²) >= 11 is 0. The number of cyclic esters (lactones) is 1. The van der Waals surface area contributed by atoms with E-state index in [-0.39, 0.29) is 53.8 Å². The number of hydrogen-bond donors (Lipinski definition) is 0. The van der Waals surface area contributed by atoms with Crippen molar-refractivity contribution in [1.29, 1.82) is 0 Å². The lowest BCUT2D eigenvalue weighted by molar-refractivity contribution is -0.155. The highest BCUT2D eigenvalue weighted by molar-refractivity contribution is 5.77. The van der Waals surface area contributed by atoms with E-state index in [1.54, 1.807) is 0 Å². The molecule has 19 heavy (non-hydrogen) atoms. The van der Waals surface area contributed by atoms with E-state index < -0.39 is 0 Å². The Kier molecular flexibility index (Phi) is 2.76. The highest BCUT2D eigenvalue weighted by Crippen LogP contribution is 2.57. The Bertz CT molecular complexity index is 444. The summed E-state index contributed by atoms with van der Waals surface area (Å²) in [4.78, 5) is 34.1. The van der Waals surface area contributed by atoms with Gasteiger partial charge >= 0.3 is 17.9 Å². The van der Waals surface area contributed by atoms with E-state index in [9.17, 15) is 14.4 Å². The van der Waals surface area contributed by atoms with Gasteiger partial charge < -0.3 is 14.2 Å². The second-order valence-corrected chi connectivity index (χ2v) is 5.52. The SMILES string of the molecule is CC(=O)O[C@@H]1[C@H]2C[C@H](OC(C)=O)[C@H]1[C@@H]1COC(=O)[C@H]21. The standard InChI is InChI=1S/C13H16O6/c1-5(14)18-9-3-7-10-8(4-17-13(10)16)11(9)12(7)19-6(2)15/h7-12H,3-4H2,1-2H3/t7-,8+,9-,10+,11+,12+/m0/s1. The minimum absolute atomic E-state index is 0.0000463. The Labute approximate surface area is 110 Å². The van der Waals surface area contributed by atoms with E-state index in [0.717, 1.165) is 0 Å². The summed E-state index contributed by atoms with van der Waals surface area (Å²) in [5.74, 6) is -1.33. The van der Waals surface area contributed by atoms with Crippen LogP contribution in [0.2, 0.25) is 0 Å². The predicted octanol–water partition coefficient (Wildman–Crippen LogP) is 0.289. The van der Waals surface area contributed by atoms with E-state index in [4.69, 9.17) is 14.2 Å². The average Bonchev–Trinajstić information content (AvgIpc) is 2.89. The topological polar surface area (TPSA) is 78.9 Å². The lowest BCUT2D eigenvalue weighted by Gasteiger charge is -2.27. The second-order valence-electron chi connectivity index (χ2n) is 5.52. The van der Waals surface area contributed by atoms with Crippen LogP contribution in [0.1, 0.15) is 20.3 Å². The Hall–Kier alpha value is -1.59. The molecule has 6 heteroatoms. The molecule has 2 bridgehead atoms. The number of carbonyl (C=O) groups excluding carboxylic acids is 3. The third kappa shape index (κ3) is 1.81. The number of hydrogen-bond acceptors (Lipinski definition) is 6. The van der Waals surface area contributed by atoms with E-state index in [1.165, 1.54) is 13.8 Å². The summed E-state index contributed by atoms with van der Waals surface area (Å²) in [5, 5.41) is 0. The quantitative estimate of drug-likeness (QED) is 0.529. The predicted molar refractivity (Wildman–Crippen MR) is 60.6 cm³/mol. The summed E-state index contributed by atoms with van der Waals surface area (Å²) in [6.07, 6.45) is -0.0364. The molecule has 6 atom stereocenters. The van der Waals surface area contributed by atoms with Crippen LogP contribution in [0.15, 0.2) is 0 Å². The van der Waals surface area contributed by atoms with Gasteiger partial charge in [-0.2, -0.15) is 0 Å². The summed E-state index contributed by atoms with van der Waals surface area (Å²) < 4.78 is 15.7. The van der Waals surface area contributed by atoms with Gasteiger partial charge in [0.05, 0.1) is 12.5 Å². The van der Waals surface area contributed by atoms with Crippen LogP contribution < -0.4 is 0 Å². The molecule has 1 saturated heterocycles. The van der Waals surface area contributed by atoms with Gasteiger partial charge in [-0.3, -0.25) is 14.4 Å². The first-order valence-corrected chi connectivity index (χ1v) is 6.50. The van der Waals surface area contributed by atoms with Crippen molar-refractivity contribution >= 4 is 17.9 Å². The first-order chi connectivity index (χ1) is 8.99. The van der Waals surface area contributed by atoms with Crippen LogP contribution in [0.3, 0.4) is 0 Å². The van der Waals surface area contributed by atoms with Crippen molar-refractivity contribution in [2.24, 2.45) is 23.7 Å². The van der Waals surface area contributed by atoms with E-state index in [2.05, 4.69) is 0 Å². The average molecular weight is 268 g/mol. The highest BCUT2D eigenvalue weighted by Gasteiger charge is 2.66. The van der Waals surface area contributed by atoms with Crippen molar-refractivity contribution in [3.63, 3.8) is 0 Å². The van der Waals surface area contributed by atoms with Gasteiger partial charge in [-0.15, -0.1) is 0 Å². The minimum Gasteiger partial charge on any atom is -0.465 e. The molecule has 2 saturated carbocycles. The van der Waals surface area contributed by atoms with Gasteiger partial charge in [0, 0.05) is 31.6 Å². The number of carbonyl (C=O) groups is 3. The third-order valence-electron chi connectivity index (χ3n) is 4.46. The molecule has 0 amide bonds. The zero-order valence-electron chi connectivity index (χ0n) is 10.8. The van der Waals surface area contributed by atoms with E-state index in [1.807, 2.05) is 0 Å². The second kappa shape index (κ2) is 4.21. The number of ether oxygens (including phenoxy) is 3. The lowest BCUT2D eigenvalue weighted by atomic mass is 9.80. The van der Waals surface area contributed by atoms with Gasteiger partial charge in [0.15, 0.2) is 0 Å². The molecule has 3 rings (SSSR count). The maximum atomic E-state index is 11.7. The molecule has 3 aliphatic rings. The first kappa shape index (κ1) is 12.4. The van der Waals surface area contributed by atoms with Crippen LogP contribution in [-0.4, -0.2) is 36.7 Å². The van der Waals surface area contributed by atoms with Crippen LogP contribution >= 0.6 is 0 Å². The van der Waals surface area contributed by atoms with Crippen molar-refractivity contribution in [3.05, 3.63) is 0 Å². The zero-order valence-corrected chi connectivity index (χ0v) is 10.8. The molecule has 1 aliphatic heterocycles. The van der Waals surface area contributed by atoms with Crippen LogP contribution in [0.4, 0.5) is 0 Å². The van der Waals surface area contributed by atoms with Crippen LogP contribution in [0.5, 0.6) is 0 Å². The fourth-order valence-corrected chi connectivity index (χ4v) is 4.02.